The van der Waals surface area contributed by atoms with Crippen LogP contribution in [0, 0.1) is 0 Å². The molecule has 0 unspecified atom stereocenters. The van der Waals surface area contributed by atoms with Gasteiger partial charge in [-0.2, -0.15) is 0 Å². The van der Waals surface area contributed by atoms with Crippen molar-refractivity contribution < 1.29 is 51.2 Å². The Morgan fingerprint density at radius 2 is 1.00 bits per heavy atom. The Kier molecular flexibility index (Phi) is 176. The van der Waals surface area contributed by atoms with E-state index in [1.54, 1.807) is 0 Å². The van der Waals surface area contributed by atoms with E-state index in [1.165, 1.54) is 0 Å². The Hall–Kier alpha value is 2.09. The van der Waals surface area contributed by atoms with E-state index in [1.807, 2.05) is 0 Å². The van der Waals surface area contributed by atoms with Crippen LogP contribution in [-0.4, -0.2) is 17.4 Å². The van der Waals surface area contributed by atoms with Gasteiger partial charge in [0.15, 0.2) is 17.4 Å². The molecule has 28 valence electrons. The molecule has 2 radical (unpaired) electrons. The molecule has 0 aromatic rings. The minimum atomic E-state index is 0. The zero-order valence-electron chi connectivity index (χ0n) is 1.12. The third-order valence-electron chi connectivity index (χ3n) is 0. The molecule has 0 aliphatic heterocycles. The van der Waals surface area contributed by atoms with Crippen molar-refractivity contribution in [3.05, 3.63) is 0 Å². The number of hydrogen-bond acceptors (Lipinski definition) is 0. The molecule has 0 fully saturated rings. The Morgan fingerprint density at radius 1 is 1.00 bits per heavy atom. The normalized spacial score (nSPS) is 0. The topological polar surface area (TPSA) is 0 Å². The van der Waals surface area contributed by atoms with Gasteiger partial charge in [-0.15, -0.1) is 0 Å². The summed E-state index contributed by atoms with van der Waals surface area (Å²) < 4.78 is 0. The van der Waals surface area contributed by atoms with Gasteiger partial charge in [0.1, 0.15) is 0 Å². The molecule has 0 saturated heterocycles. The molecule has 0 nitrogen and oxygen atoms in total. The van der Waals surface area contributed by atoms with Crippen molar-refractivity contribution in [1.82, 2.24) is 0 Å². The van der Waals surface area contributed by atoms with Crippen molar-refractivity contribution in [1.29, 1.82) is 0 Å². The predicted octanol–water partition coefficient (Wildman–Crippen LogP) is -1.19. The molecule has 4 heteroatoms. The summed E-state index contributed by atoms with van der Waals surface area (Å²) >= 11 is 0. The van der Waals surface area contributed by atoms with Crippen LogP contribution in [0.4, 0.5) is 0 Å². The molecule has 0 aromatic heterocycles. The standard InChI is InChI=1S/Al.Co.Cr.Mn.3H. The first-order chi connectivity index (χ1) is 0. The fourth-order valence-corrected chi connectivity index (χ4v) is 0. The molecule has 0 bridgehead atoms. The van der Waals surface area contributed by atoms with Gasteiger partial charge in [-0.3, -0.25) is 0 Å². The van der Waals surface area contributed by atoms with E-state index in [4.69, 9.17) is 0 Å². The molecule has 0 atom stereocenters. The SMILES string of the molecule is [AlH3].[Co].[Cr].[Mn]. The first-order valence-corrected chi connectivity index (χ1v) is 0. The zero-order valence-corrected chi connectivity index (χ0v) is 4.62. The van der Waals surface area contributed by atoms with Crippen LogP contribution in [-0.2, 0) is 51.2 Å². The largest absolute Gasteiger partial charge is 0.187 e. The fourth-order valence-electron chi connectivity index (χ4n) is 0. The average Bonchev–Trinajstić information content (AvgIpc) is 0. The summed E-state index contributed by atoms with van der Waals surface area (Å²) in [7, 11) is 0. The van der Waals surface area contributed by atoms with Gasteiger partial charge >= 0.3 is 0 Å². The van der Waals surface area contributed by atoms with E-state index in [9.17, 15) is 0 Å². The Balaban J connectivity index is 0. The van der Waals surface area contributed by atoms with Crippen LogP contribution < -0.4 is 0 Å². The Bertz CT molecular complexity index is 8.00. The third-order valence-corrected chi connectivity index (χ3v) is 0. The van der Waals surface area contributed by atoms with Crippen LogP contribution >= 0.6 is 0 Å². The molecule has 0 spiro atoms. The molecule has 4 heavy (non-hydrogen) atoms. The summed E-state index contributed by atoms with van der Waals surface area (Å²) in [4.78, 5) is 0. The van der Waals surface area contributed by atoms with Gasteiger partial charge in [0.25, 0.3) is 0 Å². The average molecular weight is 196 g/mol. The molecule has 0 aliphatic carbocycles. The second kappa shape index (κ2) is 19.5. The first kappa shape index (κ1) is 36.1. The van der Waals surface area contributed by atoms with E-state index >= 15 is 0 Å². The minimum absolute atomic E-state index is 0. The van der Waals surface area contributed by atoms with Gasteiger partial charge in [0.2, 0.25) is 0 Å². The predicted molar refractivity (Wildman–Crippen MR) is 9.94 cm³/mol. The van der Waals surface area contributed by atoms with Gasteiger partial charge in [0.05, 0.1) is 0 Å². The van der Waals surface area contributed by atoms with Crippen LogP contribution in [0.2, 0.25) is 0 Å². The van der Waals surface area contributed by atoms with Gasteiger partial charge in [-0.1, -0.05) is 0 Å². The molecule has 0 N–H and O–H groups in total. The summed E-state index contributed by atoms with van der Waals surface area (Å²) in [6, 6.07) is 0. The smallest absolute Gasteiger partial charge is 0 e. The van der Waals surface area contributed by atoms with Crippen molar-refractivity contribution in [2.24, 2.45) is 0 Å². The van der Waals surface area contributed by atoms with Crippen LogP contribution in [0.3, 0.4) is 0 Å². The molecule has 0 saturated carbocycles. The minimum Gasteiger partial charge on any atom is 0 e. The van der Waals surface area contributed by atoms with Crippen molar-refractivity contribution in [2.45, 2.75) is 0 Å². The summed E-state index contributed by atoms with van der Waals surface area (Å²) in [5.41, 5.74) is 0. The summed E-state index contributed by atoms with van der Waals surface area (Å²) in [6.45, 7) is 0. The molecular weight excluding hydrogens is 193 g/mol. The number of rotatable bonds is 0. The monoisotopic (exact) mass is 196 g/mol. The zero-order chi connectivity index (χ0) is 0. The van der Waals surface area contributed by atoms with E-state index in [0.717, 1.165) is 0 Å². The maximum absolute atomic E-state index is 0. The molecular formula is H3AlCoCrMn. The third kappa shape index (κ3) is 8.94. The first-order valence-electron chi connectivity index (χ1n) is 0. The molecule has 0 heterocycles. The molecule has 0 amide bonds. The molecule has 0 aliphatic rings. The van der Waals surface area contributed by atoms with Crippen LogP contribution in [0.15, 0.2) is 0 Å². The molecule has 0 rings (SSSR count). The van der Waals surface area contributed by atoms with E-state index in [-0.39, 0.29) is 68.6 Å². The van der Waals surface area contributed by atoms with Gasteiger partial charge in [-0.05, 0) is 0 Å². The Labute approximate surface area is 68.0 Å². The quantitative estimate of drug-likeness (QED) is 0.427. The number of hydrogen-bond donors (Lipinski definition) is 0. The van der Waals surface area contributed by atoms with Gasteiger partial charge in [-0.25, -0.2) is 0 Å². The van der Waals surface area contributed by atoms with Crippen LogP contribution in [0.5, 0.6) is 0 Å². The maximum Gasteiger partial charge on any atom is 0.187 e. The van der Waals surface area contributed by atoms with E-state index in [2.05, 4.69) is 0 Å². The van der Waals surface area contributed by atoms with Crippen LogP contribution in [0.25, 0.3) is 0 Å². The van der Waals surface area contributed by atoms with Crippen LogP contribution in [0.1, 0.15) is 0 Å². The summed E-state index contributed by atoms with van der Waals surface area (Å²) in [5, 5.41) is 0. The summed E-state index contributed by atoms with van der Waals surface area (Å²) in [5.74, 6) is 0. The maximum atomic E-state index is 0. The van der Waals surface area contributed by atoms with E-state index in [0.29, 0.717) is 0 Å². The van der Waals surface area contributed by atoms with Crippen molar-refractivity contribution in [3.63, 3.8) is 0 Å². The second-order valence-corrected chi connectivity index (χ2v) is 0. The summed E-state index contributed by atoms with van der Waals surface area (Å²) in [6.07, 6.45) is 0. The Morgan fingerprint density at radius 3 is 1.00 bits per heavy atom. The molecule has 0 aromatic carbocycles. The van der Waals surface area contributed by atoms with Gasteiger partial charge in [0, 0.05) is 51.2 Å². The van der Waals surface area contributed by atoms with Crippen molar-refractivity contribution >= 4 is 17.4 Å². The second-order valence-electron chi connectivity index (χ2n) is 0. The fraction of sp³-hybridized carbons (Fsp3) is 0. The van der Waals surface area contributed by atoms with Gasteiger partial charge < -0.3 is 0 Å². The van der Waals surface area contributed by atoms with Crippen molar-refractivity contribution in [3.8, 4) is 0 Å². The van der Waals surface area contributed by atoms with Crippen molar-refractivity contribution in [2.75, 3.05) is 0 Å². The van der Waals surface area contributed by atoms with E-state index < -0.39 is 0 Å².